The molecule has 1 aromatic heterocycles. The number of rotatable bonds is 8. The Morgan fingerprint density at radius 3 is 2.71 bits per heavy atom. The topological polar surface area (TPSA) is 51.6 Å². The van der Waals surface area contributed by atoms with E-state index in [4.69, 9.17) is 0 Å². The van der Waals surface area contributed by atoms with Crippen LogP contribution in [-0.2, 0) is 0 Å². The summed E-state index contributed by atoms with van der Waals surface area (Å²) >= 11 is 0. The molecular weight excluding hydrogens is 264 g/mol. The Bertz CT molecular complexity index is 379. The van der Waals surface area contributed by atoms with Crippen molar-refractivity contribution in [3.05, 3.63) is 24.4 Å². The number of aliphatic hydroxyl groups excluding tert-OH is 1. The summed E-state index contributed by atoms with van der Waals surface area (Å²) in [6.07, 6.45) is 3.98. The molecule has 5 heteroatoms. The minimum absolute atomic E-state index is 0.230. The van der Waals surface area contributed by atoms with Gasteiger partial charge in [-0.2, -0.15) is 0 Å². The molecule has 1 atom stereocenters. The van der Waals surface area contributed by atoms with Gasteiger partial charge in [0.15, 0.2) is 0 Å². The third-order valence-electron chi connectivity index (χ3n) is 4.04. The van der Waals surface area contributed by atoms with Crippen molar-refractivity contribution < 1.29 is 5.11 Å². The lowest BCUT2D eigenvalue weighted by atomic mass is 10.2. The first-order valence-corrected chi connectivity index (χ1v) is 8.06. The molecule has 0 spiro atoms. The number of piperazine rings is 1. The number of hydrogen-bond donors (Lipinski definition) is 2. The molecule has 1 aliphatic heterocycles. The fourth-order valence-electron chi connectivity index (χ4n) is 2.69. The lowest BCUT2D eigenvalue weighted by molar-refractivity contribution is 0.200. The van der Waals surface area contributed by atoms with Crippen LogP contribution >= 0.6 is 0 Å². The highest BCUT2D eigenvalue weighted by atomic mass is 16.3. The van der Waals surface area contributed by atoms with E-state index in [0.29, 0.717) is 0 Å². The van der Waals surface area contributed by atoms with Gasteiger partial charge in [-0.3, -0.25) is 4.90 Å². The summed E-state index contributed by atoms with van der Waals surface area (Å²) in [7, 11) is 0. The zero-order valence-corrected chi connectivity index (χ0v) is 13.0. The number of aromatic nitrogens is 1. The second-order valence-electron chi connectivity index (χ2n) is 5.64. The Morgan fingerprint density at radius 2 is 2.10 bits per heavy atom. The van der Waals surface area contributed by atoms with Crippen LogP contribution in [-0.4, -0.2) is 66.9 Å². The fourth-order valence-corrected chi connectivity index (χ4v) is 2.69. The highest BCUT2D eigenvalue weighted by molar-refractivity contribution is 5.38. The Morgan fingerprint density at radius 1 is 1.29 bits per heavy atom. The van der Waals surface area contributed by atoms with Crippen molar-refractivity contribution in [2.45, 2.75) is 25.8 Å². The van der Waals surface area contributed by atoms with Crippen molar-refractivity contribution in [2.75, 3.05) is 50.8 Å². The van der Waals surface area contributed by atoms with Gasteiger partial charge in [0.05, 0.1) is 6.61 Å². The maximum Gasteiger partial charge on any atom is 0.128 e. The van der Waals surface area contributed by atoms with Crippen LogP contribution in [0.3, 0.4) is 0 Å². The van der Waals surface area contributed by atoms with Gasteiger partial charge in [-0.15, -0.1) is 0 Å². The van der Waals surface area contributed by atoms with Gasteiger partial charge in [0.2, 0.25) is 0 Å². The first-order valence-electron chi connectivity index (χ1n) is 8.06. The van der Waals surface area contributed by atoms with E-state index >= 15 is 0 Å². The van der Waals surface area contributed by atoms with Gasteiger partial charge in [0, 0.05) is 38.4 Å². The van der Waals surface area contributed by atoms with E-state index in [-0.39, 0.29) is 12.6 Å². The third kappa shape index (κ3) is 5.26. The Balaban J connectivity index is 1.69. The second kappa shape index (κ2) is 8.97. The molecule has 0 radical (unpaired) electrons. The number of pyridine rings is 1. The number of nitrogens with one attached hydrogen (secondary N) is 1. The van der Waals surface area contributed by atoms with Crippen molar-refractivity contribution in [1.29, 1.82) is 0 Å². The van der Waals surface area contributed by atoms with Crippen LogP contribution in [0.5, 0.6) is 0 Å². The average Bonchev–Trinajstić information content (AvgIpc) is 2.56. The SMILES string of the molecule is CCCNC(CO)CCN1CCN(c2ccccn2)CC1. The number of hydrogen-bond acceptors (Lipinski definition) is 5. The minimum Gasteiger partial charge on any atom is -0.395 e. The van der Waals surface area contributed by atoms with Crippen LogP contribution in [0.2, 0.25) is 0 Å². The Labute approximate surface area is 128 Å². The largest absolute Gasteiger partial charge is 0.395 e. The predicted octanol–water partition coefficient (Wildman–Crippen LogP) is 0.954. The molecule has 1 saturated heterocycles. The molecule has 2 rings (SSSR count). The smallest absolute Gasteiger partial charge is 0.128 e. The van der Waals surface area contributed by atoms with Crippen LogP contribution in [0.15, 0.2) is 24.4 Å². The van der Waals surface area contributed by atoms with Gasteiger partial charge < -0.3 is 15.3 Å². The average molecular weight is 292 g/mol. The zero-order valence-electron chi connectivity index (χ0n) is 13.0. The molecule has 1 fully saturated rings. The molecule has 0 amide bonds. The molecule has 0 bridgehead atoms. The molecule has 21 heavy (non-hydrogen) atoms. The van der Waals surface area contributed by atoms with E-state index in [2.05, 4.69) is 33.1 Å². The van der Waals surface area contributed by atoms with Gasteiger partial charge in [-0.1, -0.05) is 13.0 Å². The molecule has 1 unspecified atom stereocenters. The quantitative estimate of drug-likeness (QED) is 0.747. The first-order chi connectivity index (χ1) is 10.3. The maximum atomic E-state index is 9.38. The standard InChI is InChI=1S/C16H28N4O/c1-2-7-17-15(14-21)6-9-19-10-12-20(13-11-19)16-5-3-4-8-18-16/h3-5,8,15,17,21H,2,6-7,9-14H2,1H3. The van der Waals surface area contributed by atoms with Crippen molar-refractivity contribution >= 4 is 5.82 Å². The van der Waals surface area contributed by atoms with E-state index in [1.165, 1.54) is 0 Å². The summed E-state index contributed by atoms with van der Waals surface area (Å²) in [5, 5.41) is 12.8. The van der Waals surface area contributed by atoms with Crippen molar-refractivity contribution in [3.63, 3.8) is 0 Å². The van der Waals surface area contributed by atoms with E-state index in [0.717, 1.165) is 57.9 Å². The van der Waals surface area contributed by atoms with Gasteiger partial charge in [0.25, 0.3) is 0 Å². The van der Waals surface area contributed by atoms with E-state index < -0.39 is 0 Å². The predicted molar refractivity (Wildman–Crippen MR) is 86.7 cm³/mol. The molecular formula is C16H28N4O. The normalized spacial score (nSPS) is 17.9. The molecule has 2 heterocycles. The molecule has 0 saturated carbocycles. The number of nitrogens with zero attached hydrogens (tertiary/aromatic N) is 3. The highest BCUT2D eigenvalue weighted by Crippen LogP contribution is 2.12. The summed E-state index contributed by atoms with van der Waals surface area (Å²) in [6, 6.07) is 6.31. The maximum absolute atomic E-state index is 9.38. The van der Waals surface area contributed by atoms with Crippen LogP contribution in [0.1, 0.15) is 19.8 Å². The van der Waals surface area contributed by atoms with E-state index in [1.54, 1.807) is 0 Å². The van der Waals surface area contributed by atoms with Gasteiger partial charge in [0.1, 0.15) is 5.82 Å². The van der Waals surface area contributed by atoms with Crippen molar-refractivity contribution in [2.24, 2.45) is 0 Å². The Kier molecular flexibility index (Phi) is 6.92. The van der Waals surface area contributed by atoms with E-state index in [1.807, 2.05) is 18.3 Å². The number of aliphatic hydroxyl groups is 1. The summed E-state index contributed by atoms with van der Waals surface area (Å²) in [6.45, 7) is 8.63. The fraction of sp³-hybridized carbons (Fsp3) is 0.688. The second-order valence-corrected chi connectivity index (χ2v) is 5.64. The van der Waals surface area contributed by atoms with Crippen molar-refractivity contribution in [1.82, 2.24) is 15.2 Å². The zero-order chi connectivity index (χ0) is 14.9. The molecule has 2 N–H and O–H groups in total. The van der Waals surface area contributed by atoms with Crippen LogP contribution in [0, 0.1) is 0 Å². The molecule has 0 aliphatic carbocycles. The summed E-state index contributed by atoms with van der Waals surface area (Å²) < 4.78 is 0. The number of anilines is 1. The monoisotopic (exact) mass is 292 g/mol. The van der Waals surface area contributed by atoms with Gasteiger partial charge >= 0.3 is 0 Å². The van der Waals surface area contributed by atoms with E-state index in [9.17, 15) is 5.11 Å². The third-order valence-corrected chi connectivity index (χ3v) is 4.04. The summed E-state index contributed by atoms with van der Waals surface area (Å²) in [4.78, 5) is 9.24. The summed E-state index contributed by atoms with van der Waals surface area (Å²) in [5.74, 6) is 1.08. The van der Waals surface area contributed by atoms with Gasteiger partial charge in [-0.05, 0) is 38.1 Å². The highest BCUT2D eigenvalue weighted by Gasteiger charge is 2.18. The first kappa shape index (κ1) is 16.2. The lowest BCUT2D eigenvalue weighted by Crippen LogP contribution is -2.48. The van der Waals surface area contributed by atoms with Crippen LogP contribution in [0.25, 0.3) is 0 Å². The van der Waals surface area contributed by atoms with Gasteiger partial charge in [-0.25, -0.2) is 4.98 Å². The minimum atomic E-state index is 0.230. The van der Waals surface area contributed by atoms with Crippen LogP contribution in [0.4, 0.5) is 5.82 Å². The molecule has 1 aromatic rings. The molecule has 0 aromatic carbocycles. The Hall–Kier alpha value is -1.17. The molecule has 118 valence electrons. The van der Waals surface area contributed by atoms with Crippen LogP contribution < -0.4 is 10.2 Å². The van der Waals surface area contributed by atoms with Crippen molar-refractivity contribution in [3.8, 4) is 0 Å². The summed E-state index contributed by atoms with van der Waals surface area (Å²) in [5.41, 5.74) is 0. The lowest BCUT2D eigenvalue weighted by Gasteiger charge is -2.36. The molecule has 1 aliphatic rings. The molecule has 5 nitrogen and oxygen atoms in total.